The molecule has 0 fully saturated rings. The molecule has 0 heterocycles. The Hall–Kier alpha value is -1.69. The lowest BCUT2D eigenvalue weighted by molar-refractivity contribution is 0.0596. The molecule has 0 aliphatic heterocycles. The van der Waals surface area contributed by atoms with E-state index in [1.54, 1.807) is 0 Å². The number of carbonyl (C=O) groups is 2. The minimum absolute atomic E-state index is 0.0694. The van der Waals surface area contributed by atoms with Crippen LogP contribution in [0.1, 0.15) is 27.6 Å². The van der Waals surface area contributed by atoms with E-state index in [-0.39, 0.29) is 21.8 Å². The van der Waals surface area contributed by atoms with Gasteiger partial charge < -0.3 is 4.74 Å². The number of methoxy groups -OCH3 is 1. The van der Waals surface area contributed by atoms with Gasteiger partial charge >= 0.3 is 5.97 Å². The maximum Gasteiger partial charge on any atom is 0.339 e. The van der Waals surface area contributed by atoms with Gasteiger partial charge in [0.25, 0.3) is 0 Å². The smallest absolute Gasteiger partial charge is 0.339 e. The summed E-state index contributed by atoms with van der Waals surface area (Å²) in [5, 5.41) is 0. The summed E-state index contributed by atoms with van der Waals surface area (Å²) >= 11 is 0. The predicted molar refractivity (Wildman–Crippen MR) is 60.9 cm³/mol. The monoisotopic (exact) mass is 256 g/mol. The second kappa shape index (κ2) is 4.67. The average Bonchev–Trinajstić information content (AvgIpc) is 2.26. The molecular formula is C11H12O5S. The maximum absolute atomic E-state index is 11.5. The summed E-state index contributed by atoms with van der Waals surface area (Å²) in [6.45, 7) is 1.32. The van der Waals surface area contributed by atoms with E-state index in [1.807, 2.05) is 0 Å². The third kappa shape index (κ3) is 2.91. The molecule has 5 nitrogen and oxygen atoms in total. The molecule has 1 aromatic carbocycles. The fourth-order valence-corrected chi connectivity index (χ4v) is 2.22. The Balaban J connectivity index is 3.54. The van der Waals surface area contributed by atoms with Crippen LogP contribution in [0.2, 0.25) is 0 Å². The molecule has 0 spiro atoms. The lowest BCUT2D eigenvalue weighted by Gasteiger charge is -2.07. The molecule has 0 radical (unpaired) electrons. The van der Waals surface area contributed by atoms with Gasteiger partial charge in [-0.3, -0.25) is 4.79 Å². The topological polar surface area (TPSA) is 77.5 Å². The number of carbonyl (C=O) groups excluding carboxylic acids is 2. The molecule has 0 amide bonds. The van der Waals surface area contributed by atoms with E-state index in [4.69, 9.17) is 0 Å². The fraction of sp³-hybridized carbons (Fsp3) is 0.273. The van der Waals surface area contributed by atoms with E-state index in [1.165, 1.54) is 25.1 Å². The SMILES string of the molecule is COC(=O)c1ccc(C(C)=O)cc1S(C)(=O)=O. The highest BCUT2D eigenvalue weighted by Crippen LogP contribution is 2.19. The fourth-order valence-electron chi connectivity index (χ4n) is 1.33. The summed E-state index contributed by atoms with van der Waals surface area (Å²) in [6, 6.07) is 3.85. The molecule has 92 valence electrons. The summed E-state index contributed by atoms with van der Waals surface area (Å²) in [7, 11) is -2.44. The normalized spacial score (nSPS) is 11.0. The standard InChI is InChI=1S/C11H12O5S/c1-7(12)8-4-5-9(11(13)16-2)10(6-8)17(3,14)15/h4-6H,1-3H3. The molecule has 0 saturated heterocycles. The van der Waals surface area contributed by atoms with Gasteiger partial charge in [0.05, 0.1) is 17.6 Å². The number of ketones is 1. The van der Waals surface area contributed by atoms with Gasteiger partial charge in [-0.05, 0) is 19.1 Å². The largest absolute Gasteiger partial charge is 0.465 e. The Morgan fingerprint density at radius 2 is 1.82 bits per heavy atom. The first-order chi connectivity index (χ1) is 7.77. The molecular weight excluding hydrogens is 244 g/mol. The summed E-state index contributed by atoms with van der Waals surface area (Å²) in [5.41, 5.74) is 0.165. The van der Waals surface area contributed by atoms with E-state index >= 15 is 0 Å². The molecule has 0 aliphatic carbocycles. The van der Waals surface area contributed by atoms with E-state index < -0.39 is 15.8 Å². The number of rotatable bonds is 3. The van der Waals surface area contributed by atoms with E-state index in [9.17, 15) is 18.0 Å². The first kappa shape index (κ1) is 13.4. The van der Waals surface area contributed by atoms with Crippen LogP contribution < -0.4 is 0 Å². The van der Waals surface area contributed by atoms with Crippen LogP contribution in [0, 0.1) is 0 Å². The Morgan fingerprint density at radius 3 is 2.24 bits per heavy atom. The molecule has 17 heavy (non-hydrogen) atoms. The lowest BCUT2D eigenvalue weighted by atomic mass is 10.1. The number of Topliss-reactive ketones (excluding diaryl/α,β-unsaturated/α-hetero) is 1. The molecule has 0 aliphatic rings. The zero-order chi connectivity index (χ0) is 13.2. The summed E-state index contributed by atoms with van der Waals surface area (Å²) in [6.07, 6.45) is 0.971. The van der Waals surface area contributed by atoms with Crippen LogP contribution in [0.25, 0.3) is 0 Å². The minimum Gasteiger partial charge on any atom is -0.465 e. The zero-order valence-electron chi connectivity index (χ0n) is 9.68. The van der Waals surface area contributed by atoms with Crippen molar-refractivity contribution in [2.75, 3.05) is 13.4 Å². The molecule has 0 N–H and O–H groups in total. The van der Waals surface area contributed by atoms with Gasteiger partial charge in [0, 0.05) is 11.8 Å². The van der Waals surface area contributed by atoms with Gasteiger partial charge in [-0.1, -0.05) is 6.07 Å². The number of sulfone groups is 1. The van der Waals surface area contributed by atoms with Crippen molar-refractivity contribution in [1.82, 2.24) is 0 Å². The second-order valence-corrected chi connectivity index (χ2v) is 5.52. The van der Waals surface area contributed by atoms with E-state index in [0.717, 1.165) is 13.4 Å². The molecule has 0 bridgehead atoms. The Bertz CT molecular complexity index is 572. The maximum atomic E-state index is 11.5. The van der Waals surface area contributed by atoms with Crippen LogP contribution >= 0.6 is 0 Å². The Kier molecular flexibility index (Phi) is 3.67. The Labute approximate surface area is 99.3 Å². The quantitative estimate of drug-likeness (QED) is 0.597. The molecule has 0 atom stereocenters. The zero-order valence-corrected chi connectivity index (χ0v) is 10.5. The average molecular weight is 256 g/mol. The van der Waals surface area contributed by atoms with Gasteiger partial charge in [0.15, 0.2) is 15.6 Å². The van der Waals surface area contributed by atoms with Crippen LogP contribution in [0.3, 0.4) is 0 Å². The van der Waals surface area contributed by atoms with Crippen molar-refractivity contribution in [3.05, 3.63) is 29.3 Å². The van der Waals surface area contributed by atoms with Crippen LogP contribution in [-0.2, 0) is 14.6 Å². The van der Waals surface area contributed by atoms with Crippen LogP contribution in [0.5, 0.6) is 0 Å². The van der Waals surface area contributed by atoms with Crippen molar-refractivity contribution in [3.63, 3.8) is 0 Å². The van der Waals surface area contributed by atoms with Crippen LogP contribution in [0.15, 0.2) is 23.1 Å². The van der Waals surface area contributed by atoms with Crippen molar-refractivity contribution in [1.29, 1.82) is 0 Å². The van der Waals surface area contributed by atoms with Gasteiger partial charge in [0.2, 0.25) is 0 Å². The van der Waals surface area contributed by atoms with Crippen molar-refractivity contribution in [2.24, 2.45) is 0 Å². The highest BCUT2D eigenvalue weighted by Gasteiger charge is 2.20. The minimum atomic E-state index is -3.60. The van der Waals surface area contributed by atoms with Crippen LogP contribution in [0.4, 0.5) is 0 Å². The van der Waals surface area contributed by atoms with Crippen molar-refractivity contribution < 1.29 is 22.7 Å². The molecule has 1 aromatic rings. The molecule has 0 unspecified atom stereocenters. The summed E-state index contributed by atoms with van der Waals surface area (Å²) in [5.74, 6) is -1.02. The molecule has 0 aromatic heterocycles. The van der Waals surface area contributed by atoms with Gasteiger partial charge in [-0.2, -0.15) is 0 Å². The lowest BCUT2D eigenvalue weighted by Crippen LogP contribution is -2.11. The molecule has 1 rings (SSSR count). The summed E-state index contributed by atoms with van der Waals surface area (Å²) < 4.78 is 27.5. The van der Waals surface area contributed by atoms with Gasteiger partial charge in [-0.25, -0.2) is 13.2 Å². The van der Waals surface area contributed by atoms with E-state index in [2.05, 4.69) is 4.74 Å². The second-order valence-electron chi connectivity index (χ2n) is 3.53. The summed E-state index contributed by atoms with van der Waals surface area (Å²) in [4.78, 5) is 22.4. The Morgan fingerprint density at radius 1 is 1.24 bits per heavy atom. The number of hydrogen-bond donors (Lipinski definition) is 0. The number of hydrogen-bond acceptors (Lipinski definition) is 5. The van der Waals surface area contributed by atoms with Crippen LogP contribution in [-0.4, -0.2) is 33.5 Å². The molecule has 0 saturated carbocycles. The van der Waals surface area contributed by atoms with E-state index in [0.29, 0.717) is 0 Å². The van der Waals surface area contributed by atoms with Gasteiger partial charge in [-0.15, -0.1) is 0 Å². The molecule has 6 heteroatoms. The van der Waals surface area contributed by atoms with Crippen molar-refractivity contribution in [2.45, 2.75) is 11.8 Å². The van der Waals surface area contributed by atoms with Gasteiger partial charge in [0.1, 0.15) is 0 Å². The third-order valence-corrected chi connectivity index (χ3v) is 3.33. The van der Waals surface area contributed by atoms with Crippen molar-refractivity contribution in [3.8, 4) is 0 Å². The number of benzene rings is 1. The number of esters is 1. The first-order valence-electron chi connectivity index (χ1n) is 4.70. The highest BCUT2D eigenvalue weighted by atomic mass is 32.2. The van der Waals surface area contributed by atoms with Crippen molar-refractivity contribution >= 4 is 21.6 Å². The third-order valence-electron chi connectivity index (χ3n) is 2.19. The highest BCUT2D eigenvalue weighted by molar-refractivity contribution is 7.90. The predicted octanol–water partition coefficient (Wildman–Crippen LogP) is 1.08. The number of ether oxygens (including phenoxy) is 1. The first-order valence-corrected chi connectivity index (χ1v) is 6.60.